The predicted molar refractivity (Wildman–Crippen MR) is 70.5 cm³/mol. The zero-order valence-electron chi connectivity index (χ0n) is 8.52. The van der Waals surface area contributed by atoms with Gasteiger partial charge in [0.2, 0.25) is 0 Å². The lowest BCUT2D eigenvalue weighted by Crippen LogP contribution is -1.78. The summed E-state index contributed by atoms with van der Waals surface area (Å²) in [5.41, 5.74) is 1.74. The highest BCUT2D eigenvalue weighted by Crippen LogP contribution is 2.31. The minimum absolute atomic E-state index is 0.236. The summed E-state index contributed by atoms with van der Waals surface area (Å²) in [4.78, 5) is 8.55. The van der Waals surface area contributed by atoms with Crippen molar-refractivity contribution in [3.63, 3.8) is 0 Å². The molecule has 2 aromatic heterocycles. The van der Waals surface area contributed by atoms with Crippen LogP contribution in [0.3, 0.4) is 0 Å². The molecule has 0 radical (unpaired) electrons. The predicted octanol–water partition coefficient (Wildman–Crippen LogP) is 4.26. The Morgan fingerprint density at radius 2 is 2.06 bits per heavy atom. The van der Waals surface area contributed by atoms with E-state index in [9.17, 15) is 4.39 Å². The molecule has 0 fully saturated rings. The maximum atomic E-state index is 13.1. The molecular weight excluding hydrogens is 303 g/mol. The van der Waals surface area contributed by atoms with E-state index >= 15 is 0 Å². The number of hydrogen-bond donors (Lipinski definition) is 0. The Morgan fingerprint density at radius 1 is 1.18 bits per heavy atom. The van der Waals surface area contributed by atoms with E-state index < -0.39 is 0 Å². The van der Waals surface area contributed by atoms with Crippen LogP contribution in [0.1, 0.15) is 0 Å². The highest BCUT2D eigenvalue weighted by Gasteiger charge is 2.07. The number of rotatable bonds is 1. The zero-order valence-corrected chi connectivity index (χ0v) is 10.9. The Hall–Kier alpha value is -1.33. The van der Waals surface area contributed by atoms with Gasteiger partial charge < -0.3 is 0 Å². The maximum Gasteiger partial charge on any atom is 0.126 e. The van der Waals surface area contributed by atoms with Gasteiger partial charge in [0.15, 0.2) is 0 Å². The maximum absolute atomic E-state index is 13.1. The average Bonchev–Trinajstić information content (AvgIpc) is 2.72. The Kier molecular flexibility index (Phi) is 2.64. The lowest BCUT2D eigenvalue weighted by molar-refractivity contribution is 0.630. The Labute approximate surface area is 109 Å². The minimum Gasteiger partial charge on any atom is -0.263 e. The molecule has 5 heteroatoms. The van der Waals surface area contributed by atoms with Crippen molar-refractivity contribution in [3.8, 4) is 10.6 Å². The van der Waals surface area contributed by atoms with Crippen molar-refractivity contribution in [2.24, 2.45) is 0 Å². The molecule has 2 nitrogen and oxygen atoms in total. The van der Waals surface area contributed by atoms with E-state index in [0.29, 0.717) is 0 Å². The number of nitrogens with zero attached hydrogens (tertiary/aromatic N) is 2. The van der Waals surface area contributed by atoms with Crippen LogP contribution in [0.25, 0.3) is 20.8 Å². The van der Waals surface area contributed by atoms with Crippen LogP contribution in [-0.2, 0) is 0 Å². The Balaban J connectivity index is 2.18. The Morgan fingerprint density at radius 3 is 2.88 bits per heavy atom. The first kappa shape index (κ1) is 10.8. The standard InChI is InChI=1S/C12H6BrFN2S/c13-8-3-7(5-15-6-8)12-16-10-2-1-9(14)4-11(10)17-12/h1-6H. The molecule has 0 spiro atoms. The molecule has 0 saturated heterocycles. The Bertz CT molecular complexity index is 696. The topological polar surface area (TPSA) is 25.8 Å². The molecule has 0 aliphatic carbocycles. The van der Waals surface area contributed by atoms with Gasteiger partial charge in [0, 0.05) is 22.4 Å². The summed E-state index contributed by atoms with van der Waals surface area (Å²) in [7, 11) is 0. The van der Waals surface area contributed by atoms with Gasteiger partial charge in [0.25, 0.3) is 0 Å². The van der Waals surface area contributed by atoms with E-state index in [1.165, 1.54) is 23.5 Å². The first-order chi connectivity index (χ1) is 8.22. The van der Waals surface area contributed by atoms with Crippen molar-refractivity contribution in [2.75, 3.05) is 0 Å². The van der Waals surface area contributed by atoms with Crippen LogP contribution in [0.5, 0.6) is 0 Å². The van der Waals surface area contributed by atoms with E-state index in [4.69, 9.17) is 0 Å². The molecule has 0 unspecified atom stereocenters. The first-order valence-corrected chi connectivity index (χ1v) is 6.50. The minimum atomic E-state index is -0.236. The molecule has 3 rings (SSSR count). The molecule has 0 atom stereocenters. The van der Waals surface area contributed by atoms with Gasteiger partial charge in [-0.2, -0.15) is 0 Å². The highest BCUT2D eigenvalue weighted by molar-refractivity contribution is 9.10. The second-order valence-corrected chi connectivity index (χ2v) is 5.47. The number of pyridine rings is 1. The second-order valence-electron chi connectivity index (χ2n) is 3.52. The van der Waals surface area contributed by atoms with Crippen molar-refractivity contribution in [2.45, 2.75) is 0 Å². The molecule has 3 aromatic rings. The summed E-state index contributed by atoms with van der Waals surface area (Å²) in [6.45, 7) is 0. The number of hydrogen-bond acceptors (Lipinski definition) is 3. The third-order valence-electron chi connectivity index (χ3n) is 2.30. The molecule has 0 N–H and O–H groups in total. The molecule has 0 aliphatic heterocycles. The fourth-order valence-corrected chi connectivity index (χ4v) is 2.89. The number of thiazole rings is 1. The van der Waals surface area contributed by atoms with Crippen LogP contribution in [-0.4, -0.2) is 9.97 Å². The van der Waals surface area contributed by atoms with Crippen molar-refractivity contribution in [1.82, 2.24) is 9.97 Å². The summed E-state index contributed by atoms with van der Waals surface area (Å²) in [6.07, 6.45) is 3.47. The molecule has 0 bridgehead atoms. The number of fused-ring (bicyclic) bond motifs is 1. The summed E-state index contributed by atoms with van der Waals surface area (Å²) >= 11 is 4.83. The van der Waals surface area contributed by atoms with Crippen molar-refractivity contribution < 1.29 is 4.39 Å². The van der Waals surface area contributed by atoms with Gasteiger partial charge in [-0.3, -0.25) is 4.98 Å². The normalized spacial score (nSPS) is 10.9. The number of benzene rings is 1. The molecule has 0 amide bonds. The molecule has 1 aromatic carbocycles. The molecule has 0 saturated carbocycles. The molecule has 0 aliphatic rings. The molecular formula is C12H6BrFN2S. The van der Waals surface area contributed by atoms with Gasteiger partial charge in [-0.25, -0.2) is 9.37 Å². The van der Waals surface area contributed by atoms with Crippen molar-refractivity contribution in [1.29, 1.82) is 0 Å². The van der Waals surface area contributed by atoms with Crippen molar-refractivity contribution in [3.05, 3.63) is 46.9 Å². The lowest BCUT2D eigenvalue weighted by Gasteiger charge is -1.94. The van der Waals surface area contributed by atoms with Crippen LogP contribution in [0.15, 0.2) is 41.1 Å². The van der Waals surface area contributed by atoms with Crippen LogP contribution >= 0.6 is 27.3 Å². The van der Waals surface area contributed by atoms with Gasteiger partial charge >= 0.3 is 0 Å². The van der Waals surface area contributed by atoms with Gasteiger partial charge in [-0.05, 0) is 40.2 Å². The molecule has 17 heavy (non-hydrogen) atoms. The van der Waals surface area contributed by atoms with Crippen LogP contribution in [0.4, 0.5) is 4.39 Å². The number of halogens is 2. The molecule has 2 heterocycles. The first-order valence-electron chi connectivity index (χ1n) is 4.89. The summed E-state index contributed by atoms with van der Waals surface area (Å²) in [5.74, 6) is -0.236. The van der Waals surface area contributed by atoms with Gasteiger partial charge in [0.1, 0.15) is 10.8 Å². The SMILES string of the molecule is Fc1ccc2nc(-c3cncc(Br)c3)sc2c1. The third kappa shape index (κ3) is 2.08. The van der Waals surface area contributed by atoms with Crippen molar-refractivity contribution >= 4 is 37.5 Å². The van der Waals surface area contributed by atoms with Gasteiger partial charge in [-0.1, -0.05) is 0 Å². The fraction of sp³-hybridized carbons (Fsp3) is 0. The van der Waals surface area contributed by atoms with Gasteiger partial charge in [-0.15, -0.1) is 11.3 Å². The van der Waals surface area contributed by atoms with Crippen LogP contribution in [0.2, 0.25) is 0 Å². The summed E-state index contributed by atoms with van der Waals surface area (Å²) < 4.78 is 14.8. The van der Waals surface area contributed by atoms with Gasteiger partial charge in [0.05, 0.1) is 10.2 Å². The highest BCUT2D eigenvalue weighted by atomic mass is 79.9. The molecule has 84 valence electrons. The van der Waals surface area contributed by atoms with E-state index in [-0.39, 0.29) is 5.82 Å². The second kappa shape index (κ2) is 4.16. The average molecular weight is 309 g/mol. The smallest absolute Gasteiger partial charge is 0.126 e. The summed E-state index contributed by atoms with van der Waals surface area (Å²) in [6, 6.07) is 6.56. The lowest BCUT2D eigenvalue weighted by atomic mass is 10.3. The van der Waals surface area contributed by atoms with E-state index in [2.05, 4.69) is 25.9 Å². The number of aromatic nitrogens is 2. The third-order valence-corrected chi connectivity index (χ3v) is 3.80. The van der Waals surface area contributed by atoms with Crippen LogP contribution < -0.4 is 0 Å². The zero-order chi connectivity index (χ0) is 11.8. The van der Waals surface area contributed by atoms with E-state index in [0.717, 1.165) is 25.3 Å². The summed E-state index contributed by atoms with van der Waals surface area (Å²) in [5, 5.41) is 0.847. The van der Waals surface area contributed by atoms with E-state index in [1.807, 2.05) is 6.07 Å². The monoisotopic (exact) mass is 308 g/mol. The van der Waals surface area contributed by atoms with Crippen LogP contribution in [0, 0.1) is 5.82 Å². The van der Waals surface area contributed by atoms with E-state index in [1.54, 1.807) is 18.5 Å². The largest absolute Gasteiger partial charge is 0.263 e. The quantitative estimate of drug-likeness (QED) is 0.671. The fourth-order valence-electron chi connectivity index (χ4n) is 1.55.